The molecule has 2 aromatic carbocycles. The summed E-state index contributed by atoms with van der Waals surface area (Å²) in [6.45, 7) is 1.87. The molecule has 1 saturated carbocycles. The van der Waals surface area contributed by atoms with E-state index in [9.17, 15) is 15.1 Å². The van der Waals surface area contributed by atoms with E-state index in [0.717, 1.165) is 41.5 Å². The third-order valence-electron chi connectivity index (χ3n) is 6.43. The molecule has 3 aromatic rings. The third kappa shape index (κ3) is 4.97. The number of nitrogens with two attached hydrogens (primary N) is 1. The van der Waals surface area contributed by atoms with Crippen LogP contribution in [0.3, 0.4) is 0 Å². The summed E-state index contributed by atoms with van der Waals surface area (Å²) in [5, 5.41) is 24.5. The van der Waals surface area contributed by atoms with E-state index < -0.39 is 11.5 Å². The summed E-state index contributed by atoms with van der Waals surface area (Å²) in [5.74, 6) is -0.446. The first-order valence-corrected chi connectivity index (χ1v) is 11.5. The first-order chi connectivity index (χ1) is 16.1. The molecule has 0 radical (unpaired) electrons. The SMILES string of the molecule is CN(C)c1cc(N)c(C=NC2CCC(C)(O)CC2)cc1NC(=O)c1ccc2ccccc2[n+]1O. The smallest absolute Gasteiger partial charge is 0.325 e. The van der Waals surface area contributed by atoms with Gasteiger partial charge in [-0.15, -0.1) is 0 Å². The molecule has 1 aliphatic carbocycles. The minimum Gasteiger partial charge on any atom is -0.398 e. The number of anilines is 3. The van der Waals surface area contributed by atoms with E-state index in [4.69, 9.17) is 10.7 Å². The molecule has 0 unspecified atom stereocenters. The second kappa shape index (κ2) is 9.30. The van der Waals surface area contributed by atoms with Crippen LogP contribution in [0.5, 0.6) is 0 Å². The lowest BCUT2D eigenvalue weighted by molar-refractivity contribution is -0.885. The van der Waals surface area contributed by atoms with Crippen LogP contribution in [0.2, 0.25) is 0 Å². The highest BCUT2D eigenvalue weighted by molar-refractivity contribution is 6.05. The number of hydrogen-bond donors (Lipinski definition) is 4. The number of aromatic nitrogens is 1. The van der Waals surface area contributed by atoms with Gasteiger partial charge in [-0.1, -0.05) is 12.1 Å². The minimum absolute atomic E-state index is 0.115. The Morgan fingerprint density at radius 1 is 1.21 bits per heavy atom. The zero-order valence-corrected chi connectivity index (χ0v) is 19.8. The van der Waals surface area contributed by atoms with Crippen LogP contribution in [0.1, 0.15) is 48.7 Å². The van der Waals surface area contributed by atoms with Gasteiger partial charge >= 0.3 is 11.6 Å². The van der Waals surface area contributed by atoms with Crippen LogP contribution in [0.15, 0.2) is 53.5 Å². The molecule has 0 atom stereocenters. The molecule has 8 heteroatoms. The molecule has 4 rings (SSSR count). The predicted octanol–water partition coefficient (Wildman–Crippen LogP) is 3.38. The number of fused-ring (bicyclic) bond motifs is 1. The van der Waals surface area contributed by atoms with Gasteiger partial charge in [-0.2, -0.15) is 0 Å². The van der Waals surface area contributed by atoms with Gasteiger partial charge in [0.25, 0.3) is 5.52 Å². The van der Waals surface area contributed by atoms with Crippen LogP contribution in [0.4, 0.5) is 17.1 Å². The predicted molar refractivity (Wildman–Crippen MR) is 135 cm³/mol. The quantitative estimate of drug-likeness (QED) is 0.201. The Morgan fingerprint density at radius 3 is 2.62 bits per heavy atom. The molecule has 0 saturated heterocycles. The number of nitrogens with zero attached hydrogens (tertiary/aromatic N) is 3. The lowest BCUT2D eigenvalue weighted by Gasteiger charge is -2.31. The summed E-state index contributed by atoms with van der Waals surface area (Å²) in [7, 11) is 3.74. The van der Waals surface area contributed by atoms with Gasteiger partial charge in [-0.25, -0.2) is 0 Å². The zero-order valence-electron chi connectivity index (χ0n) is 19.8. The molecule has 34 heavy (non-hydrogen) atoms. The number of carbonyl (C=O) groups is 1. The molecule has 0 bridgehead atoms. The summed E-state index contributed by atoms with van der Waals surface area (Å²) in [6, 6.07) is 14.4. The molecule has 1 amide bonds. The Bertz CT molecular complexity index is 1240. The van der Waals surface area contributed by atoms with Crippen LogP contribution in [0, 0.1) is 0 Å². The topological polar surface area (TPSA) is 115 Å². The monoisotopic (exact) mass is 462 g/mol. The van der Waals surface area contributed by atoms with Crippen molar-refractivity contribution in [2.75, 3.05) is 30.0 Å². The summed E-state index contributed by atoms with van der Waals surface area (Å²) in [5.41, 5.74) is 8.90. The van der Waals surface area contributed by atoms with Crippen molar-refractivity contribution in [2.24, 2.45) is 4.99 Å². The Balaban J connectivity index is 1.61. The normalized spacial score (nSPS) is 20.5. The standard InChI is InChI=1S/C26H31N5O3/c1-26(33)12-10-19(11-13-26)28-16-18-14-21(24(30(2)3)15-20(18)27)29-25(32)23-9-8-17-6-4-5-7-22(17)31(23)34/h4-9,14-16,19,27,32-34H,10-13H2,1-3H3/p+1. The highest BCUT2D eigenvalue weighted by Gasteiger charge is 2.28. The summed E-state index contributed by atoms with van der Waals surface area (Å²) < 4.78 is 0.900. The Morgan fingerprint density at radius 2 is 1.91 bits per heavy atom. The number of aliphatic imine (C=N–C) groups is 1. The highest BCUT2D eigenvalue weighted by atomic mass is 16.5. The van der Waals surface area contributed by atoms with E-state index in [2.05, 4.69) is 5.32 Å². The van der Waals surface area contributed by atoms with Crippen LogP contribution >= 0.6 is 0 Å². The van der Waals surface area contributed by atoms with E-state index in [1.165, 1.54) is 0 Å². The number of aliphatic hydroxyl groups is 1. The van der Waals surface area contributed by atoms with Crippen LogP contribution in [0.25, 0.3) is 10.9 Å². The Labute approximate surface area is 199 Å². The maximum absolute atomic E-state index is 13.1. The third-order valence-corrected chi connectivity index (χ3v) is 6.43. The van der Waals surface area contributed by atoms with E-state index in [0.29, 0.717) is 22.5 Å². The van der Waals surface area contributed by atoms with Crippen molar-refractivity contribution in [3.8, 4) is 0 Å². The van der Waals surface area contributed by atoms with Crippen molar-refractivity contribution in [1.29, 1.82) is 0 Å². The molecule has 5 N–H and O–H groups in total. The fourth-order valence-electron chi connectivity index (χ4n) is 4.31. The first-order valence-electron chi connectivity index (χ1n) is 11.5. The second-order valence-electron chi connectivity index (χ2n) is 9.44. The zero-order chi connectivity index (χ0) is 24.5. The van der Waals surface area contributed by atoms with Crippen molar-refractivity contribution < 1.29 is 19.8 Å². The van der Waals surface area contributed by atoms with Crippen molar-refractivity contribution in [2.45, 2.75) is 44.2 Å². The number of rotatable bonds is 5. The van der Waals surface area contributed by atoms with E-state index in [1.54, 1.807) is 42.6 Å². The first kappa shape index (κ1) is 23.5. The van der Waals surface area contributed by atoms with Gasteiger partial charge in [0, 0.05) is 48.4 Å². The van der Waals surface area contributed by atoms with Crippen molar-refractivity contribution in [1.82, 2.24) is 0 Å². The van der Waals surface area contributed by atoms with Gasteiger partial charge in [-0.05, 0) is 56.9 Å². The Kier molecular flexibility index (Phi) is 6.43. The van der Waals surface area contributed by atoms with E-state index >= 15 is 0 Å². The van der Waals surface area contributed by atoms with E-state index in [1.807, 2.05) is 38.1 Å². The maximum Gasteiger partial charge on any atom is 0.325 e. The van der Waals surface area contributed by atoms with Crippen LogP contribution in [-0.2, 0) is 0 Å². The number of carbonyl (C=O) groups excluding carboxylic acids is 1. The van der Waals surface area contributed by atoms with Crippen LogP contribution in [-0.4, -0.2) is 48.2 Å². The maximum atomic E-state index is 13.1. The number of pyridine rings is 1. The fourth-order valence-corrected chi connectivity index (χ4v) is 4.31. The van der Waals surface area contributed by atoms with Crippen molar-refractivity contribution in [3.05, 3.63) is 59.8 Å². The van der Waals surface area contributed by atoms with Gasteiger partial charge in [0.15, 0.2) is 0 Å². The van der Waals surface area contributed by atoms with Gasteiger partial charge in [0.1, 0.15) is 0 Å². The van der Waals surface area contributed by atoms with Gasteiger partial charge in [-0.3, -0.25) is 15.0 Å². The minimum atomic E-state index is -0.609. The number of hydrogen-bond acceptors (Lipinski definition) is 6. The van der Waals surface area contributed by atoms with Crippen molar-refractivity contribution in [3.63, 3.8) is 0 Å². The Hall–Kier alpha value is -3.65. The van der Waals surface area contributed by atoms with E-state index in [-0.39, 0.29) is 11.7 Å². The highest BCUT2D eigenvalue weighted by Crippen LogP contribution is 2.32. The molecule has 178 valence electrons. The number of nitrogen functional groups attached to an aromatic ring is 1. The molecule has 0 aliphatic heterocycles. The number of para-hydroxylation sites is 1. The molecule has 8 nitrogen and oxygen atoms in total. The average molecular weight is 463 g/mol. The largest absolute Gasteiger partial charge is 0.398 e. The van der Waals surface area contributed by atoms with Crippen molar-refractivity contribution >= 4 is 40.1 Å². The molecule has 0 spiro atoms. The number of nitrogens with one attached hydrogen (secondary N) is 1. The van der Waals surface area contributed by atoms with Crippen LogP contribution < -0.4 is 20.7 Å². The average Bonchev–Trinajstić information content (AvgIpc) is 2.80. The summed E-state index contributed by atoms with van der Waals surface area (Å²) >= 11 is 0. The number of benzene rings is 2. The van der Waals surface area contributed by atoms with Gasteiger partial charge in [0.05, 0.1) is 28.4 Å². The summed E-state index contributed by atoms with van der Waals surface area (Å²) in [6.07, 6.45) is 4.83. The summed E-state index contributed by atoms with van der Waals surface area (Å²) in [4.78, 5) is 19.7. The lowest BCUT2D eigenvalue weighted by atomic mass is 9.84. The number of amides is 1. The molecular weight excluding hydrogens is 430 g/mol. The molecule has 1 fully saturated rings. The molecule has 1 aliphatic rings. The van der Waals surface area contributed by atoms with Gasteiger partial charge < -0.3 is 21.1 Å². The lowest BCUT2D eigenvalue weighted by Crippen LogP contribution is -2.40. The second-order valence-corrected chi connectivity index (χ2v) is 9.44. The fraction of sp³-hybridized carbons (Fsp3) is 0.346. The molecule has 1 heterocycles. The van der Waals surface area contributed by atoms with Gasteiger partial charge in [0.2, 0.25) is 0 Å². The molecule has 1 aromatic heterocycles. The molecular formula is C26H32N5O3+.